The summed E-state index contributed by atoms with van der Waals surface area (Å²) in [6, 6.07) is 5.44. The average Bonchev–Trinajstić information content (AvgIpc) is 3.18. The highest BCUT2D eigenvalue weighted by Crippen LogP contribution is 2.23. The normalized spacial score (nSPS) is 16.8. The number of nitrogens with zero attached hydrogens (tertiary/aromatic N) is 3. The van der Waals surface area contributed by atoms with E-state index in [4.69, 9.17) is 0 Å². The van der Waals surface area contributed by atoms with Gasteiger partial charge in [-0.3, -0.25) is 19.5 Å². The van der Waals surface area contributed by atoms with Crippen molar-refractivity contribution in [2.24, 2.45) is 0 Å². The Morgan fingerprint density at radius 2 is 1.88 bits per heavy atom. The van der Waals surface area contributed by atoms with Crippen molar-refractivity contribution in [2.45, 2.75) is 6.04 Å². The van der Waals surface area contributed by atoms with Crippen LogP contribution in [-0.2, 0) is 9.59 Å². The molecular formula is C18H23N5O2S. The zero-order valence-electron chi connectivity index (χ0n) is 14.7. The molecule has 26 heavy (non-hydrogen) atoms. The number of thiophene rings is 1. The lowest BCUT2D eigenvalue weighted by atomic mass is 10.1. The van der Waals surface area contributed by atoms with Gasteiger partial charge in [-0.2, -0.15) is 11.3 Å². The molecule has 0 radical (unpaired) electrons. The third-order valence-electron chi connectivity index (χ3n) is 4.51. The SMILES string of the molecule is CN1CCN(C(CNC(=O)C(=O)Nc2ccncc2)c2ccsc2)CC1. The van der Waals surface area contributed by atoms with Crippen LogP contribution in [0.2, 0.25) is 0 Å². The summed E-state index contributed by atoms with van der Waals surface area (Å²) < 4.78 is 0. The molecule has 2 aromatic heterocycles. The molecule has 0 bridgehead atoms. The van der Waals surface area contributed by atoms with Gasteiger partial charge in [-0.1, -0.05) is 0 Å². The number of likely N-dealkylation sites (N-methyl/N-ethyl adjacent to an activating group) is 1. The lowest BCUT2D eigenvalue weighted by Crippen LogP contribution is -2.49. The van der Waals surface area contributed by atoms with Gasteiger partial charge in [0.2, 0.25) is 0 Å². The molecule has 1 saturated heterocycles. The van der Waals surface area contributed by atoms with Crippen molar-refractivity contribution >= 4 is 28.8 Å². The number of hydrogen-bond acceptors (Lipinski definition) is 6. The van der Waals surface area contributed by atoms with E-state index in [9.17, 15) is 9.59 Å². The fraction of sp³-hybridized carbons (Fsp3) is 0.389. The van der Waals surface area contributed by atoms with Crippen LogP contribution in [0.4, 0.5) is 5.69 Å². The van der Waals surface area contributed by atoms with Crippen molar-refractivity contribution in [3.63, 3.8) is 0 Å². The Labute approximate surface area is 157 Å². The van der Waals surface area contributed by atoms with Gasteiger partial charge in [0.05, 0.1) is 6.04 Å². The Morgan fingerprint density at radius 1 is 1.15 bits per heavy atom. The third kappa shape index (κ3) is 4.87. The monoisotopic (exact) mass is 373 g/mol. The van der Waals surface area contributed by atoms with E-state index >= 15 is 0 Å². The summed E-state index contributed by atoms with van der Waals surface area (Å²) in [7, 11) is 2.11. The first-order valence-corrected chi connectivity index (χ1v) is 9.51. The molecule has 3 rings (SSSR count). The van der Waals surface area contributed by atoms with Gasteiger partial charge in [0, 0.05) is 50.8 Å². The maximum absolute atomic E-state index is 12.2. The minimum absolute atomic E-state index is 0.0765. The van der Waals surface area contributed by atoms with Crippen molar-refractivity contribution < 1.29 is 9.59 Å². The van der Waals surface area contributed by atoms with Gasteiger partial charge in [0.25, 0.3) is 0 Å². The minimum Gasteiger partial charge on any atom is -0.346 e. The summed E-state index contributed by atoms with van der Waals surface area (Å²) in [6.07, 6.45) is 3.13. The van der Waals surface area contributed by atoms with Crippen LogP contribution in [-0.4, -0.2) is 66.4 Å². The predicted molar refractivity (Wildman–Crippen MR) is 102 cm³/mol. The van der Waals surface area contributed by atoms with Crippen LogP contribution in [0.1, 0.15) is 11.6 Å². The number of carbonyl (C=O) groups excluding carboxylic acids is 2. The van der Waals surface area contributed by atoms with Crippen LogP contribution in [0.25, 0.3) is 0 Å². The first-order chi connectivity index (χ1) is 12.6. The van der Waals surface area contributed by atoms with Crippen LogP contribution in [0, 0.1) is 0 Å². The van der Waals surface area contributed by atoms with Crippen LogP contribution >= 0.6 is 11.3 Å². The van der Waals surface area contributed by atoms with Crippen LogP contribution in [0.3, 0.4) is 0 Å². The molecule has 0 aliphatic carbocycles. The summed E-state index contributed by atoms with van der Waals surface area (Å²) in [4.78, 5) is 32.8. The third-order valence-corrected chi connectivity index (χ3v) is 5.21. The van der Waals surface area contributed by atoms with Crippen molar-refractivity contribution in [1.82, 2.24) is 20.1 Å². The standard InChI is InChI=1S/C18H23N5O2S/c1-22-7-9-23(10-8-22)16(14-4-11-26-13-14)12-20-17(24)18(25)21-15-2-5-19-6-3-15/h2-6,11,13,16H,7-10,12H2,1H3,(H,20,24)(H,19,21,25). The highest BCUT2D eigenvalue weighted by atomic mass is 32.1. The van der Waals surface area contributed by atoms with E-state index in [2.05, 4.69) is 43.9 Å². The van der Waals surface area contributed by atoms with Crippen LogP contribution in [0.5, 0.6) is 0 Å². The van der Waals surface area contributed by atoms with Gasteiger partial charge in [0.15, 0.2) is 0 Å². The molecule has 3 heterocycles. The maximum Gasteiger partial charge on any atom is 0.313 e. The molecule has 138 valence electrons. The van der Waals surface area contributed by atoms with E-state index in [1.165, 1.54) is 5.56 Å². The van der Waals surface area contributed by atoms with Gasteiger partial charge in [-0.05, 0) is 41.6 Å². The number of carbonyl (C=O) groups is 2. The van der Waals surface area contributed by atoms with Gasteiger partial charge in [0.1, 0.15) is 0 Å². The predicted octanol–water partition coefficient (Wildman–Crippen LogP) is 1.19. The second kappa shape index (κ2) is 8.88. The highest BCUT2D eigenvalue weighted by Gasteiger charge is 2.25. The summed E-state index contributed by atoms with van der Waals surface area (Å²) in [5.41, 5.74) is 1.72. The van der Waals surface area contributed by atoms with E-state index in [0.29, 0.717) is 12.2 Å². The fourth-order valence-corrected chi connectivity index (χ4v) is 3.66. The quantitative estimate of drug-likeness (QED) is 0.770. The molecule has 0 saturated carbocycles. The molecule has 1 aliphatic heterocycles. The van der Waals surface area contributed by atoms with Gasteiger partial charge in [-0.25, -0.2) is 0 Å². The van der Waals surface area contributed by atoms with E-state index in [0.717, 1.165) is 26.2 Å². The number of rotatable bonds is 5. The fourth-order valence-electron chi connectivity index (χ4n) is 2.95. The first-order valence-electron chi connectivity index (χ1n) is 8.57. The maximum atomic E-state index is 12.2. The Hall–Kier alpha value is -2.29. The average molecular weight is 373 g/mol. The molecular weight excluding hydrogens is 350 g/mol. The van der Waals surface area contributed by atoms with Crippen molar-refractivity contribution in [3.05, 3.63) is 46.9 Å². The number of amides is 2. The minimum atomic E-state index is -0.668. The second-order valence-corrected chi connectivity index (χ2v) is 7.09. The zero-order valence-corrected chi connectivity index (χ0v) is 15.5. The number of aromatic nitrogens is 1. The summed E-state index contributed by atoms with van der Waals surface area (Å²) in [5.74, 6) is -1.30. The molecule has 1 aliphatic rings. The summed E-state index contributed by atoms with van der Waals surface area (Å²) >= 11 is 1.64. The van der Waals surface area contributed by atoms with Crippen LogP contribution < -0.4 is 10.6 Å². The number of hydrogen-bond donors (Lipinski definition) is 2. The Morgan fingerprint density at radius 3 is 2.54 bits per heavy atom. The molecule has 1 unspecified atom stereocenters. The molecule has 8 heteroatoms. The smallest absolute Gasteiger partial charge is 0.313 e. The number of piperazine rings is 1. The van der Waals surface area contributed by atoms with E-state index in [1.807, 2.05) is 5.38 Å². The molecule has 0 aromatic carbocycles. The summed E-state index contributed by atoms with van der Waals surface area (Å²) in [6.45, 7) is 4.28. The van der Waals surface area contributed by atoms with Crippen molar-refractivity contribution in [1.29, 1.82) is 0 Å². The second-order valence-electron chi connectivity index (χ2n) is 6.31. The topological polar surface area (TPSA) is 77.6 Å². The molecule has 0 spiro atoms. The lowest BCUT2D eigenvalue weighted by Gasteiger charge is -2.37. The van der Waals surface area contributed by atoms with E-state index in [-0.39, 0.29) is 6.04 Å². The van der Waals surface area contributed by atoms with Crippen molar-refractivity contribution in [2.75, 3.05) is 45.1 Å². The van der Waals surface area contributed by atoms with Gasteiger partial charge < -0.3 is 15.5 Å². The molecule has 2 amide bonds. The number of anilines is 1. The largest absolute Gasteiger partial charge is 0.346 e. The molecule has 7 nitrogen and oxygen atoms in total. The lowest BCUT2D eigenvalue weighted by molar-refractivity contribution is -0.136. The van der Waals surface area contributed by atoms with Gasteiger partial charge >= 0.3 is 11.8 Å². The summed E-state index contributed by atoms with van der Waals surface area (Å²) in [5, 5.41) is 9.50. The Balaban J connectivity index is 1.58. The van der Waals surface area contributed by atoms with Crippen LogP contribution in [0.15, 0.2) is 41.4 Å². The van der Waals surface area contributed by atoms with E-state index in [1.54, 1.807) is 35.9 Å². The van der Waals surface area contributed by atoms with Gasteiger partial charge in [-0.15, -0.1) is 0 Å². The molecule has 2 N–H and O–H groups in total. The molecule has 1 fully saturated rings. The Bertz CT molecular complexity index is 714. The highest BCUT2D eigenvalue weighted by molar-refractivity contribution is 7.08. The van der Waals surface area contributed by atoms with E-state index < -0.39 is 11.8 Å². The number of nitrogens with one attached hydrogen (secondary N) is 2. The number of pyridine rings is 1. The first kappa shape index (κ1) is 18.5. The Kier molecular flexibility index (Phi) is 6.32. The molecule has 1 atom stereocenters. The zero-order chi connectivity index (χ0) is 18.4. The molecule has 2 aromatic rings. The van der Waals surface area contributed by atoms with Crippen molar-refractivity contribution in [3.8, 4) is 0 Å².